The molecule has 8 atom stereocenters. The molecule has 3 nitrogen and oxygen atoms in total. The van der Waals surface area contributed by atoms with Gasteiger partial charge in [-0.3, -0.25) is 4.79 Å². The maximum absolute atomic E-state index is 13.1. The van der Waals surface area contributed by atoms with Crippen LogP contribution in [0.2, 0.25) is 0 Å². The molecule has 33 heavy (non-hydrogen) atoms. The smallest absolute Gasteiger partial charge is 0.312 e. The summed E-state index contributed by atoms with van der Waals surface area (Å²) in [7, 11) is 1.58. The van der Waals surface area contributed by atoms with Crippen LogP contribution in [0.5, 0.6) is 0 Å². The molecule has 4 aliphatic carbocycles. The predicted octanol–water partition coefficient (Wildman–Crippen LogP) is 7.00. The van der Waals surface area contributed by atoms with E-state index in [4.69, 9.17) is 4.74 Å². The number of methoxy groups -OCH3 is 1. The zero-order valence-corrected chi connectivity index (χ0v) is 21.7. The largest absolute Gasteiger partial charge is 0.469 e. The number of ether oxygens (including phenoxy) is 1. The summed E-state index contributed by atoms with van der Waals surface area (Å²) < 4.78 is 5.42. The second-order valence-corrected chi connectivity index (χ2v) is 12.0. The average Bonchev–Trinajstić information content (AvgIpc) is 2.81. The number of aldehydes is 1. The van der Waals surface area contributed by atoms with Crippen LogP contribution in [0.1, 0.15) is 98.3 Å². The Kier molecular flexibility index (Phi) is 7.87. The van der Waals surface area contributed by atoms with Crippen molar-refractivity contribution in [2.75, 3.05) is 7.11 Å². The number of carbonyl (C=O) groups excluding carboxylic acids is 2. The van der Waals surface area contributed by atoms with Crippen LogP contribution in [0, 0.1) is 58.7 Å². The first kappa shape index (κ1) is 26.1. The minimum Gasteiger partial charge on any atom is -0.469 e. The van der Waals surface area contributed by atoms with Gasteiger partial charge in [0.15, 0.2) is 0 Å². The number of fused-ring (bicyclic) bond motifs is 5. The highest BCUT2D eigenvalue weighted by molar-refractivity contribution is 5.78. The number of carbonyl (C=O) groups is 2. The zero-order chi connectivity index (χ0) is 24.4. The Morgan fingerprint density at radius 1 is 1.18 bits per heavy atom. The highest BCUT2D eigenvalue weighted by Gasteiger charge is 2.62. The van der Waals surface area contributed by atoms with Gasteiger partial charge in [-0.2, -0.15) is 0 Å². The van der Waals surface area contributed by atoms with Gasteiger partial charge >= 0.3 is 5.97 Å². The topological polar surface area (TPSA) is 43.4 Å². The minimum absolute atomic E-state index is 0.0428. The van der Waals surface area contributed by atoms with Crippen LogP contribution in [-0.2, 0) is 14.3 Å². The van der Waals surface area contributed by atoms with E-state index in [-0.39, 0.29) is 22.2 Å². The van der Waals surface area contributed by atoms with Gasteiger partial charge in [0.1, 0.15) is 6.29 Å². The van der Waals surface area contributed by atoms with Gasteiger partial charge in [-0.05, 0) is 85.4 Å². The van der Waals surface area contributed by atoms with E-state index in [1.807, 2.05) is 0 Å². The van der Waals surface area contributed by atoms with E-state index in [1.165, 1.54) is 38.4 Å². The molecule has 3 heteroatoms. The van der Waals surface area contributed by atoms with Gasteiger partial charge < -0.3 is 9.53 Å². The summed E-state index contributed by atoms with van der Waals surface area (Å²) in [4.78, 5) is 24.6. The second kappa shape index (κ2) is 9.97. The van der Waals surface area contributed by atoms with Crippen molar-refractivity contribution in [1.29, 1.82) is 0 Å². The fraction of sp³-hybridized carbons (Fsp3) is 0.800. The van der Waals surface area contributed by atoms with Crippen LogP contribution in [0.3, 0.4) is 0 Å². The normalized spacial score (nSPS) is 44.0. The Morgan fingerprint density at radius 3 is 2.55 bits per heavy atom. The minimum atomic E-state index is -0.292. The van der Waals surface area contributed by atoms with Crippen LogP contribution < -0.4 is 0 Å². The lowest BCUT2D eigenvalue weighted by Gasteiger charge is -2.64. The van der Waals surface area contributed by atoms with Crippen LogP contribution >= 0.6 is 0 Å². The summed E-state index contributed by atoms with van der Waals surface area (Å²) in [5.41, 5.74) is 1.83. The Morgan fingerprint density at radius 2 is 1.91 bits per heavy atom. The molecule has 184 valence electrons. The molecule has 4 rings (SSSR count). The number of rotatable bonds is 5. The summed E-state index contributed by atoms with van der Waals surface area (Å²) >= 11 is 0. The van der Waals surface area contributed by atoms with Crippen LogP contribution in [0.15, 0.2) is 11.6 Å². The molecule has 0 aromatic carbocycles. The second-order valence-electron chi connectivity index (χ2n) is 12.0. The Labute approximate surface area is 202 Å². The van der Waals surface area contributed by atoms with E-state index in [0.29, 0.717) is 29.6 Å². The van der Waals surface area contributed by atoms with Gasteiger partial charge in [0.05, 0.1) is 12.5 Å². The van der Waals surface area contributed by atoms with E-state index >= 15 is 0 Å². The predicted molar refractivity (Wildman–Crippen MR) is 134 cm³/mol. The Hall–Kier alpha value is -1.56. The molecule has 0 radical (unpaired) electrons. The van der Waals surface area contributed by atoms with E-state index in [9.17, 15) is 9.59 Å². The van der Waals surface area contributed by atoms with Gasteiger partial charge in [-0.1, -0.05) is 58.6 Å². The summed E-state index contributed by atoms with van der Waals surface area (Å²) in [6.45, 7) is 9.74. The van der Waals surface area contributed by atoms with E-state index in [0.717, 1.165) is 38.5 Å². The summed E-state index contributed by atoms with van der Waals surface area (Å²) in [5.74, 6) is 2.69. The van der Waals surface area contributed by atoms with Gasteiger partial charge in [0, 0.05) is 6.42 Å². The van der Waals surface area contributed by atoms with Gasteiger partial charge in [0.25, 0.3) is 0 Å². The van der Waals surface area contributed by atoms with Crippen LogP contribution in [0.4, 0.5) is 0 Å². The van der Waals surface area contributed by atoms with E-state index in [1.54, 1.807) is 12.7 Å². The summed E-state index contributed by atoms with van der Waals surface area (Å²) in [5, 5.41) is 0. The third kappa shape index (κ3) is 3.90. The lowest BCUT2D eigenvalue weighted by atomic mass is 9.40. The molecule has 0 heterocycles. The first-order chi connectivity index (χ1) is 15.8. The molecule has 0 amide bonds. The van der Waals surface area contributed by atoms with Gasteiger partial charge in [0.2, 0.25) is 0 Å². The monoisotopic (exact) mass is 454 g/mol. The van der Waals surface area contributed by atoms with Crippen molar-refractivity contribution >= 4 is 12.3 Å². The van der Waals surface area contributed by atoms with Crippen molar-refractivity contribution in [3.05, 3.63) is 11.6 Å². The highest BCUT2D eigenvalue weighted by atomic mass is 16.5. The van der Waals surface area contributed by atoms with E-state index in [2.05, 4.69) is 46.6 Å². The standard InChI is InChI=1S/C28H44O3.C2H2/c1-6-14-26(3)20(13-18-29)11-16-27(4)22-12-17-28(25(30)31-5)15-7-8-19(2)24(28)21(22)9-10-23(26)27;1-2/h9,18-20,22-24H,6-8,10-17H2,1-5H3;1-2H/t19-,20?,22?,23?,24?,26?,27?,28-;/m0./s1. The van der Waals surface area contributed by atoms with Crippen molar-refractivity contribution in [3.8, 4) is 12.8 Å². The quantitative estimate of drug-likeness (QED) is 0.194. The maximum atomic E-state index is 13.1. The first-order valence-electron chi connectivity index (χ1n) is 13.3. The fourth-order valence-corrected chi connectivity index (χ4v) is 9.49. The molecular weight excluding hydrogens is 408 g/mol. The van der Waals surface area contributed by atoms with Crippen molar-refractivity contribution in [1.82, 2.24) is 0 Å². The number of hydrogen-bond acceptors (Lipinski definition) is 3. The maximum Gasteiger partial charge on any atom is 0.312 e. The number of hydrogen-bond donors (Lipinski definition) is 0. The third-order valence-electron chi connectivity index (χ3n) is 10.8. The van der Waals surface area contributed by atoms with Gasteiger partial charge in [-0.25, -0.2) is 0 Å². The zero-order valence-electron chi connectivity index (χ0n) is 21.7. The lowest BCUT2D eigenvalue weighted by molar-refractivity contribution is -0.167. The fourth-order valence-electron chi connectivity index (χ4n) is 9.49. The molecule has 0 N–H and O–H groups in total. The van der Waals surface area contributed by atoms with Crippen molar-refractivity contribution in [2.24, 2.45) is 45.8 Å². The molecule has 0 aliphatic heterocycles. The number of terminal acetylenes is 1. The molecule has 4 aliphatic rings. The SMILES string of the molecule is C#C.CCCC1(C)C(CC=O)CCC2(C)C3CC[C@@]4(C(=O)OC)CCC[C@H](C)C4C3=CCC12. The molecule has 6 unspecified atom stereocenters. The average molecular weight is 455 g/mol. The number of allylic oxidation sites excluding steroid dienone is 2. The summed E-state index contributed by atoms with van der Waals surface area (Å²) in [6, 6.07) is 0. The van der Waals surface area contributed by atoms with Crippen molar-refractivity contribution in [3.63, 3.8) is 0 Å². The molecule has 0 aromatic rings. The van der Waals surface area contributed by atoms with Crippen LogP contribution in [-0.4, -0.2) is 19.4 Å². The van der Waals surface area contributed by atoms with Crippen molar-refractivity contribution < 1.29 is 14.3 Å². The Bertz CT molecular complexity index is 781. The Balaban J connectivity index is 0.00000149. The molecule has 0 bridgehead atoms. The molecule has 0 saturated heterocycles. The van der Waals surface area contributed by atoms with Crippen molar-refractivity contribution in [2.45, 2.75) is 98.3 Å². The van der Waals surface area contributed by atoms with Crippen LogP contribution in [0.25, 0.3) is 0 Å². The molecule has 3 fully saturated rings. The third-order valence-corrected chi connectivity index (χ3v) is 10.8. The number of esters is 1. The first-order valence-corrected chi connectivity index (χ1v) is 13.3. The molecular formula is C30H46O3. The highest BCUT2D eigenvalue weighted by Crippen LogP contribution is 2.69. The summed E-state index contributed by atoms with van der Waals surface area (Å²) in [6.07, 6.45) is 23.9. The molecule has 0 aromatic heterocycles. The van der Waals surface area contributed by atoms with Gasteiger partial charge in [-0.15, -0.1) is 12.8 Å². The molecule has 0 spiro atoms. The van der Waals surface area contributed by atoms with E-state index < -0.39 is 0 Å². The lowest BCUT2D eigenvalue weighted by Crippen LogP contribution is -2.58. The molecule has 3 saturated carbocycles.